The van der Waals surface area contributed by atoms with E-state index >= 15 is 0 Å². The molecule has 1 saturated carbocycles. The third-order valence-corrected chi connectivity index (χ3v) is 5.13. The molecule has 2 aromatic carbocycles. The molecule has 4 rings (SSSR count). The third-order valence-electron chi connectivity index (χ3n) is 5.13. The number of rotatable bonds is 5. The number of aromatic nitrogens is 2. The molecule has 2 N–H and O–H groups in total. The maximum absolute atomic E-state index is 9.57. The quantitative estimate of drug-likeness (QED) is 0.725. The summed E-state index contributed by atoms with van der Waals surface area (Å²) < 4.78 is 7.49. The number of anilines is 1. The fourth-order valence-electron chi connectivity index (χ4n) is 3.67. The van der Waals surface area contributed by atoms with E-state index in [1.165, 1.54) is 12.8 Å². The highest BCUT2D eigenvalue weighted by Crippen LogP contribution is 2.37. The van der Waals surface area contributed by atoms with Crippen molar-refractivity contribution in [3.63, 3.8) is 0 Å². The average molecular weight is 358 g/mol. The van der Waals surface area contributed by atoms with Crippen molar-refractivity contribution < 1.29 is 4.74 Å². The van der Waals surface area contributed by atoms with E-state index in [0.717, 1.165) is 35.5 Å². The van der Waals surface area contributed by atoms with E-state index in [-0.39, 0.29) is 0 Å². The number of benzene rings is 2. The Morgan fingerprint density at radius 1 is 1.07 bits per heavy atom. The van der Waals surface area contributed by atoms with Crippen molar-refractivity contribution in [1.29, 1.82) is 5.26 Å². The summed E-state index contributed by atoms with van der Waals surface area (Å²) in [4.78, 5) is 0. The van der Waals surface area contributed by atoms with Crippen LogP contribution in [-0.4, -0.2) is 9.78 Å². The number of hydrogen-bond acceptors (Lipinski definition) is 4. The summed E-state index contributed by atoms with van der Waals surface area (Å²) in [6, 6.07) is 19.9. The van der Waals surface area contributed by atoms with Crippen LogP contribution in [0.5, 0.6) is 5.75 Å². The highest BCUT2D eigenvalue weighted by molar-refractivity contribution is 5.58. The second kappa shape index (κ2) is 7.55. The van der Waals surface area contributed by atoms with E-state index in [4.69, 9.17) is 10.5 Å². The van der Waals surface area contributed by atoms with Crippen molar-refractivity contribution in [1.82, 2.24) is 9.78 Å². The van der Waals surface area contributed by atoms with Gasteiger partial charge in [-0.25, -0.2) is 4.68 Å². The van der Waals surface area contributed by atoms with Crippen LogP contribution in [0.1, 0.15) is 48.6 Å². The molecule has 5 heteroatoms. The van der Waals surface area contributed by atoms with E-state index in [0.29, 0.717) is 23.9 Å². The summed E-state index contributed by atoms with van der Waals surface area (Å²) in [6.45, 7) is 0.518. The molecule has 0 radical (unpaired) electrons. The molecule has 0 amide bonds. The Morgan fingerprint density at radius 3 is 2.44 bits per heavy atom. The Morgan fingerprint density at radius 2 is 1.78 bits per heavy atom. The van der Waals surface area contributed by atoms with Gasteiger partial charge in [-0.15, -0.1) is 0 Å². The molecule has 0 spiro atoms. The van der Waals surface area contributed by atoms with Crippen molar-refractivity contribution in [3.05, 3.63) is 71.5 Å². The highest BCUT2D eigenvalue weighted by atomic mass is 16.5. The zero-order valence-corrected chi connectivity index (χ0v) is 15.1. The Balaban J connectivity index is 1.55. The van der Waals surface area contributed by atoms with Gasteiger partial charge in [0.1, 0.15) is 18.4 Å². The second-order valence-corrected chi connectivity index (χ2v) is 6.92. The first kappa shape index (κ1) is 17.2. The maximum atomic E-state index is 9.57. The normalized spacial score (nSPS) is 14.2. The average Bonchev–Trinajstić information content (AvgIpc) is 3.35. The van der Waals surface area contributed by atoms with E-state index in [9.17, 15) is 5.26 Å². The van der Waals surface area contributed by atoms with Crippen molar-refractivity contribution in [3.8, 4) is 17.5 Å². The first-order chi connectivity index (χ1) is 13.3. The van der Waals surface area contributed by atoms with E-state index in [1.54, 1.807) is 4.68 Å². The number of hydrogen-bond donors (Lipinski definition) is 1. The molecule has 1 aliphatic carbocycles. The smallest absolute Gasteiger partial charge is 0.167 e. The van der Waals surface area contributed by atoms with Crippen LogP contribution in [0.15, 0.2) is 54.6 Å². The first-order valence-corrected chi connectivity index (χ1v) is 9.32. The first-order valence-electron chi connectivity index (χ1n) is 9.32. The largest absolute Gasteiger partial charge is 0.489 e. The monoisotopic (exact) mass is 358 g/mol. The lowest BCUT2D eigenvalue weighted by atomic mass is 10.0. The molecular formula is C22H22N4O. The summed E-state index contributed by atoms with van der Waals surface area (Å²) in [7, 11) is 0. The van der Waals surface area contributed by atoms with Gasteiger partial charge in [0, 0.05) is 5.92 Å². The van der Waals surface area contributed by atoms with Crippen LogP contribution in [-0.2, 0) is 6.61 Å². The van der Waals surface area contributed by atoms with Gasteiger partial charge in [-0.05, 0) is 42.7 Å². The van der Waals surface area contributed by atoms with E-state index in [1.807, 2.05) is 54.6 Å². The summed E-state index contributed by atoms with van der Waals surface area (Å²) in [5, 5.41) is 14.3. The van der Waals surface area contributed by atoms with E-state index < -0.39 is 0 Å². The Kier molecular flexibility index (Phi) is 4.80. The van der Waals surface area contributed by atoms with Crippen molar-refractivity contribution in [2.75, 3.05) is 5.73 Å². The fourth-order valence-corrected chi connectivity index (χ4v) is 3.67. The standard InChI is InChI=1S/C22H22N4O/c23-14-20-21(24)22(17-8-4-5-9-17)25-26(20)18-10-12-19(13-11-18)27-15-16-6-2-1-3-7-16/h1-3,6-7,10-13,17H,4-5,8-9,15,24H2. The topological polar surface area (TPSA) is 76.9 Å². The van der Waals surface area contributed by atoms with Gasteiger partial charge in [0.15, 0.2) is 5.69 Å². The van der Waals surface area contributed by atoms with Gasteiger partial charge in [-0.3, -0.25) is 0 Å². The Hall–Kier alpha value is -3.26. The lowest BCUT2D eigenvalue weighted by Gasteiger charge is -2.08. The minimum Gasteiger partial charge on any atom is -0.489 e. The molecule has 0 bridgehead atoms. The summed E-state index contributed by atoms with van der Waals surface area (Å²) in [6.07, 6.45) is 4.59. The molecule has 1 aliphatic rings. The molecular weight excluding hydrogens is 336 g/mol. The van der Waals surface area contributed by atoms with Gasteiger partial charge in [0.25, 0.3) is 0 Å². The number of nitrogen functional groups attached to an aromatic ring is 1. The van der Waals surface area contributed by atoms with Crippen molar-refractivity contribution in [2.24, 2.45) is 0 Å². The van der Waals surface area contributed by atoms with Crippen LogP contribution in [0.4, 0.5) is 5.69 Å². The number of nitrogens with zero attached hydrogens (tertiary/aromatic N) is 3. The number of nitriles is 1. The van der Waals surface area contributed by atoms with Gasteiger partial charge < -0.3 is 10.5 Å². The van der Waals surface area contributed by atoms with Crippen LogP contribution in [0, 0.1) is 11.3 Å². The van der Waals surface area contributed by atoms with Gasteiger partial charge >= 0.3 is 0 Å². The maximum Gasteiger partial charge on any atom is 0.167 e. The third kappa shape index (κ3) is 3.52. The lowest BCUT2D eigenvalue weighted by Crippen LogP contribution is -2.01. The zero-order valence-electron chi connectivity index (χ0n) is 15.1. The van der Waals surface area contributed by atoms with Crippen molar-refractivity contribution >= 4 is 5.69 Å². The minimum atomic E-state index is 0.367. The summed E-state index contributed by atoms with van der Waals surface area (Å²) in [5.41, 5.74) is 9.98. The molecule has 0 aliphatic heterocycles. The Labute approximate surface area is 159 Å². The van der Waals surface area contributed by atoms with Crippen LogP contribution >= 0.6 is 0 Å². The number of ether oxygens (including phenoxy) is 1. The van der Waals surface area contributed by atoms with Gasteiger partial charge in [0.05, 0.1) is 17.1 Å². The van der Waals surface area contributed by atoms with Gasteiger partial charge in [-0.1, -0.05) is 43.2 Å². The van der Waals surface area contributed by atoms with Crippen LogP contribution in [0.3, 0.4) is 0 Å². The molecule has 5 nitrogen and oxygen atoms in total. The van der Waals surface area contributed by atoms with Crippen LogP contribution in [0.25, 0.3) is 5.69 Å². The lowest BCUT2D eigenvalue weighted by molar-refractivity contribution is 0.306. The predicted octanol–water partition coefficient (Wildman–Crippen LogP) is 4.56. The molecule has 3 aromatic rings. The second-order valence-electron chi connectivity index (χ2n) is 6.92. The Bertz CT molecular complexity index is 948. The van der Waals surface area contributed by atoms with E-state index in [2.05, 4.69) is 11.2 Å². The molecule has 0 atom stereocenters. The zero-order chi connectivity index (χ0) is 18.6. The fraction of sp³-hybridized carbons (Fsp3) is 0.273. The minimum absolute atomic E-state index is 0.367. The molecule has 27 heavy (non-hydrogen) atoms. The van der Waals surface area contributed by atoms with Crippen molar-refractivity contribution in [2.45, 2.75) is 38.2 Å². The molecule has 1 fully saturated rings. The molecule has 136 valence electrons. The summed E-state index contributed by atoms with van der Waals surface area (Å²) in [5.74, 6) is 1.14. The molecule has 1 heterocycles. The van der Waals surface area contributed by atoms with Gasteiger partial charge in [0.2, 0.25) is 0 Å². The van der Waals surface area contributed by atoms with Crippen LogP contribution in [0.2, 0.25) is 0 Å². The predicted molar refractivity (Wildman–Crippen MR) is 105 cm³/mol. The number of nitrogens with two attached hydrogens (primary N) is 1. The SMILES string of the molecule is N#Cc1c(N)c(C2CCCC2)nn1-c1ccc(OCc2ccccc2)cc1. The summed E-state index contributed by atoms with van der Waals surface area (Å²) >= 11 is 0. The molecule has 0 saturated heterocycles. The van der Waals surface area contributed by atoms with Crippen LogP contribution < -0.4 is 10.5 Å². The van der Waals surface area contributed by atoms with Gasteiger partial charge in [-0.2, -0.15) is 10.4 Å². The molecule has 0 unspecified atom stereocenters. The highest BCUT2D eigenvalue weighted by Gasteiger charge is 2.26. The molecule has 1 aromatic heterocycles.